The molecule has 0 bridgehead atoms. The first kappa shape index (κ1) is 15.9. The number of anilines is 1. The summed E-state index contributed by atoms with van der Waals surface area (Å²) in [5.74, 6) is -0.237. The van der Waals surface area contributed by atoms with Gasteiger partial charge in [-0.1, -0.05) is 30.3 Å². The average molecular weight is 331 g/mol. The van der Waals surface area contributed by atoms with Gasteiger partial charge in [0.15, 0.2) is 11.5 Å². The maximum Gasteiger partial charge on any atom is 0.333 e. The van der Waals surface area contributed by atoms with Crippen LogP contribution in [-0.4, -0.2) is 25.5 Å². The van der Waals surface area contributed by atoms with Crippen LogP contribution in [0.5, 0.6) is 0 Å². The second kappa shape index (κ2) is 6.61. The van der Waals surface area contributed by atoms with Crippen molar-refractivity contribution in [3.05, 3.63) is 65.6 Å². The number of benzene rings is 1. The van der Waals surface area contributed by atoms with E-state index in [1.54, 1.807) is 10.7 Å². The van der Waals surface area contributed by atoms with Crippen LogP contribution in [0.25, 0.3) is 0 Å². The summed E-state index contributed by atoms with van der Waals surface area (Å²) in [5.41, 5.74) is 1.86. The van der Waals surface area contributed by atoms with Crippen molar-refractivity contribution in [2.24, 2.45) is 0 Å². The van der Waals surface area contributed by atoms with Crippen LogP contribution in [-0.2, 0) is 6.54 Å². The van der Waals surface area contributed by atoms with Crippen LogP contribution in [0.2, 0.25) is 0 Å². The largest absolute Gasteiger partial charge is 0.333 e. The Balaban J connectivity index is 1.71. The van der Waals surface area contributed by atoms with Crippen LogP contribution in [0.15, 0.2) is 48.7 Å². The summed E-state index contributed by atoms with van der Waals surface area (Å²) in [7, 11) is 0. The van der Waals surface area contributed by atoms with Gasteiger partial charge in [0.1, 0.15) is 0 Å². The summed E-state index contributed by atoms with van der Waals surface area (Å²) < 4.78 is 27.2. The number of alkyl halides is 2. The van der Waals surface area contributed by atoms with E-state index in [2.05, 4.69) is 15.5 Å². The number of aromatic nitrogens is 4. The summed E-state index contributed by atoms with van der Waals surface area (Å²) in [6.07, 6.45) is 1.05. The van der Waals surface area contributed by atoms with E-state index in [0.717, 1.165) is 17.5 Å². The van der Waals surface area contributed by atoms with Crippen LogP contribution < -0.4 is 5.32 Å². The Hall–Kier alpha value is -3.03. The number of hydrogen-bond donors (Lipinski definition) is 1. The first-order valence-electron chi connectivity index (χ1n) is 7.26. The molecule has 0 aliphatic carbocycles. The maximum atomic E-state index is 12.5. The number of aryl methyl sites for hydroxylation is 1. The van der Waals surface area contributed by atoms with Crippen molar-refractivity contribution in [3.8, 4) is 0 Å². The van der Waals surface area contributed by atoms with Gasteiger partial charge < -0.3 is 5.32 Å². The summed E-state index contributed by atoms with van der Waals surface area (Å²) >= 11 is 0. The number of carbonyl (C=O) groups is 1. The Morgan fingerprint density at radius 3 is 2.62 bits per heavy atom. The van der Waals surface area contributed by atoms with E-state index >= 15 is 0 Å². The van der Waals surface area contributed by atoms with Crippen molar-refractivity contribution in [1.82, 2.24) is 19.6 Å². The Morgan fingerprint density at radius 1 is 1.21 bits per heavy atom. The highest BCUT2D eigenvalue weighted by atomic mass is 19.3. The first-order chi connectivity index (χ1) is 11.5. The van der Waals surface area contributed by atoms with Crippen molar-refractivity contribution in [1.29, 1.82) is 0 Å². The molecule has 0 unspecified atom stereocenters. The van der Waals surface area contributed by atoms with Gasteiger partial charge in [0, 0.05) is 18.0 Å². The topological polar surface area (TPSA) is 64.7 Å². The first-order valence-corrected chi connectivity index (χ1v) is 7.26. The minimum absolute atomic E-state index is 0.0921. The molecule has 1 amide bonds. The Morgan fingerprint density at radius 2 is 1.96 bits per heavy atom. The van der Waals surface area contributed by atoms with Crippen molar-refractivity contribution in [2.45, 2.75) is 20.0 Å². The van der Waals surface area contributed by atoms with Crippen LogP contribution >= 0.6 is 0 Å². The van der Waals surface area contributed by atoms with Gasteiger partial charge in [0.25, 0.3) is 5.91 Å². The quantitative estimate of drug-likeness (QED) is 0.781. The Bertz CT molecular complexity index is 841. The van der Waals surface area contributed by atoms with Crippen molar-refractivity contribution >= 4 is 11.7 Å². The van der Waals surface area contributed by atoms with Crippen molar-refractivity contribution < 1.29 is 13.6 Å². The normalized spacial score (nSPS) is 11.0. The zero-order valence-electron chi connectivity index (χ0n) is 12.9. The van der Waals surface area contributed by atoms with Gasteiger partial charge in [-0.3, -0.25) is 9.48 Å². The molecular formula is C16H15F2N5O. The molecule has 0 fully saturated rings. The fraction of sp³-hybridized carbons (Fsp3) is 0.188. The molecule has 3 rings (SSSR count). The Labute approximate surface area is 136 Å². The molecule has 1 N–H and O–H groups in total. The molecule has 0 radical (unpaired) electrons. The van der Waals surface area contributed by atoms with Gasteiger partial charge >= 0.3 is 6.55 Å². The molecule has 3 aromatic rings. The fourth-order valence-electron chi connectivity index (χ4n) is 2.24. The van der Waals surface area contributed by atoms with Crippen LogP contribution in [0.1, 0.15) is 28.3 Å². The molecule has 0 saturated carbocycles. The smallest absolute Gasteiger partial charge is 0.304 e. The van der Waals surface area contributed by atoms with Crippen molar-refractivity contribution in [3.63, 3.8) is 0 Å². The molecule has 0 spiro atoms. The predicted octanol–water partition coefficient (Wildman–Crippen LogP) is 3.08. The number of rotatable bonds is 5. The number of hydrogen-bond acceptors (Lipinski definition) is 3. The molecule has 2 heterocycles. The van der Waals surface area contributed by atoms with Crippen LogP contribution in [0, 0.1) is 6.92 Å². The lowest BCUT2D eigenvalue weighted by atomic mass is 10.2. The standard InChI is InChI=1S/C16H15F2N5O/c1-11-9-14(21-23(11)10-12-5-3-2-4-6-12)19-15(24)13-7-8-22(20-13)16(17)18/h2-9,16H,10H2,1H3,(H,19,21,24). The summed E-state index contributed by atoms with van der Waals surface area (Å²) in [6, 6.07) is 12.7. The number of nitrogens with zero attached hydrogens (tertiary/aromatic N) is 4. The zero-order chi connectivity index (χ0) is 17.1. The highest BCUT2D eigenvalue weighted by molar-refractivity contribution is 6.02. The third kappa shape index (κ3) is 3.48. The fourth-order valence-corrected chi connectivity index (χ4v) is 2.24. The van der Waals surface area contributed by atoms with Gasteiger partial charge in [-0.25, -0.2) is 4.68 Å². The molecule has 0 atom stereocenters. The molecule has 24 heavy (non-hydrogen) atoms. The molecule has 0 aliphatic heterocycles. The number of halogens is 2. The SMILES string of the molecule is Cc1cc(NC(=O)c2ccn(C(F)F)n2)nn1Cc1ccccc1. The van der Waals surface area contributed by atoms with E-state index < -0.39 is 12.5 Å². The second-order valence-corrected chi connectivity index (χ2v) is 5.23. The molecule has 6 nitrogen and oxygen atoms in total. The Kier molecular flexibility index (Phi) is 4.37. The van der Waals surface area contributed by atoms with E-state index in [1.807, 2.05) is 37.3 Å². The van der Waals surface area contributed by atoms with Crippen LogP contribution in [0.4, 0.5) is 14.6 Å². The van der Waals surface area contributed by atoms with Gasteiger partial charge in [-0.15, -0.1) is 0 Å². The van der Waals surface area contributed by atoms with Gasteiger partial charge in [0.2, 0.25) is 0 Å². The maximum absolute atomic E-state index is 12.5. The lowest BCUT2D eigenvalue weighted by Gasteiger charge is -2.04. The lowest BCUT2D eigenvalue weighted by Crippen LogP contribution is -2.14. The highest BCUT2D eigenvalue weighted by Gasteiger charge is 2.15. The molecule has 1 aromatic carbocycles. The minimum Gasteiger partial charge on any atom is -0.304 e. The van der Waals surface area contributed by atoms with Crippen molar-refractivity contribution in [2.75, 3.05) is 5.32 Å². The average Bonchev–Trinajstić information content (AvgIpc) is 3.16. The number of amides is 1. The van der Waals surface area contributed by atoms with Crippen LogP contribution in [0.3, 0.4) is 0 Å². The molecule has 0 saturated heterocycles. The van der Waals surface area contributed by atoms with E-state index in [0.29, 0.717) is 17.0 Å². The minimum atomic E-state index is -2.78. The zero-order valence-corrected chi connectivity index (χ0v) is 12.9. The van der Waals surface area contributed by atoms with Gasteiger partial charge in [0.05, 0.1) is 6.54 Å². The molecular weight excluding hydrogens is 316 g/mol. The highest BCUT2D eigenvalue weighted by Crippen LogP contribution is 2.13. The third-order valence-corrected chi connectivity index (χ3v) is 3.44. The lowest BCUT2D eigenvalue weighted by molar-refractivity contribution is 0.0561. The summed E-state index contributed by atoms with van der Waals surface area (Å²) in [4.78, 5) is 12.0. The van der Waals surface area contributed by atoms with E-state index in [-0.39, 0.29) is 5.69 Å². The van der Waals surface area contributed by atoms with Gasteiger partial charge in [-0.05, 0) is 18.6 Å². The third-order valence-electron chi connectivity index (χ3n) is 3.44. The molecule has 2 aromatic heterocycles. The second-order valence-electron chi connectivity index (χ2n) is 5.23. The van der Waals surface area contributed by atoms with E-state index in [1.165, 1.54) is 6.07 Å². The monoisotopic (exact) mass is 331 g/mol. The molecule has 0 aliphatic rings. The van der Waals surface area contributed by atoms with E-state index in [9.17, 15) is 13.6 Å². The van der Waals surface area contributed by atoms with Gasteiger partial charge in [-0.2, -0.15) is 19.0 Å². The summed E-state index contributed by atoms with van der Waals surface area (Å²) in [6.45, 7) is -0.335. The summed E-state index contributed by atoms with van der Waals surface area (Å²) in [5, 5.41) is 10.4. The predicted molar refractivity (Wildman–Crippen MR) is 83.9 cm³/mol. The molecule has 124 valence electrons. The van der Waals surface area contributed by atoms with E-state index in [4.69, 9.17) is 0 Å². The number of carbonyl (C=O) groups excluding carboxylic acids is 1. The molecule has 8 heteroatoms. The number of nitrogens with one attached hydrogen (secondary N) is 1.